The van der Waals surface area contributed by atoms with Gasteiger partial charge in [0.15, 0.2) is 0 Å². The second-order valence-corrected chi connectivity index (χ2v) is 12.8. The molecule has 1 aromatic heterocycles. The van der Waals surface area contributed by atoms with Crippen LogP contribution in [-0.4, -0.2) is 33.2 Å². The van der Waals surface area contributed by atoms with E-state index in [1.165, 1.54) is 31.4 Å². The van der Waals surface area contributed by atoms with Gasteiger partial charge in [-0.25, -0.2) is 4.39 Å². The first kappa shape index (κ1) is 26.9. The molecule has 1 heterocycles. The topological polar surface area (TPSA) is 96.7 Å². The summed E-state index contributed by atoms with van der Waals surface area (Å²) in [6.45, 7) is 4.12. The average Bonchev–Trinajstić information content (AvgIpc) is 2.83. The molecule has 2 atom stereocenters. The summed E-state index contributed by atoms with van der Waals surface area (Å²) in [5, 5.41) is 9.75. The van der Waals surface area contributed by atoms with E-state index in [0.29, 0.717) is 5.56 Å². The molecular weight excluding hydrogens is 504 g/mol. The molecule has 4 bridgehead atoms. The second kappa shape index (κ2) is 10.8. The van der Waals surface area contributed by atoms with Crippen molar-refractivity contribution in [2.45, 2.75) is 76.2 Å². The Kier molecular flexibility index (Phi) is 7.69. The summed E-state index contributed by atoms with van der Waals surface area (Å²) >= 11 is 0. The fraction of sp³-hybridized carbons (Fsp3) is 0.533. The summed E-state index contributed by atoms with van der Waals surface area (Å²) in [4.78, 5) is 26.3. The molecule has 2 N–H and O–H groups in total. The highest BCUT2D eigenvalue weighted by Gasteiger charge is 2.52. The molecule has 0 radical (unpaired) electrons. The zero-order valence-electron chi connectivity index (χ0n) is 21.8. The van der Waals surface area contributed by atoms with Crippen molar-refractivity contribution >= 4 is 14.0 Å². The number of pyridine rings is 1. The third kappa shape index (κ3) is 5.69. The van der Waals surface area contributed by atoms with Gasteiger partial charge in [0.05, 0.1) is 17.7 Å². The standard InChI is InChI=1S/C30H33FNO5P/c1-18(2)29-25(7-8-37-28(34)12-24(33)17-38(35)36)26(22-3-5-23(31)6-4-22)13-27(32-29)30-14-19-9-20(15-30)11-21(10-19)16-30/h3-6,13,18-21,24,33H,9-12,14-17H2,1-2H3/p+1. The van der Waals surface area contributed by atoms with E-state index in [0.717, 1.165) is 59.5 Å². The van der Waals surface area contributed by atoms with Crippen LogP contribution in [0.25, 0.3) is 11.1 Å². The molecule has 200 valence electrons. The maximum Gasteiger partial charge on any atom is 0.508 e. The molecular formula is C30H34FNO5P+. The molecule has 38 heavy (non-hydrogen) atoms. The Labute approximate surface area is 223 Å². The largest absolute Gasteiger partial charge is 0.508 e. The Bertz CT molecular complexity index is 1260. The number of halogens is 1. The second-order valence-electron chi connectivity index (χ2n) is 11.8. The highest BCUT2D eigenvalue weighted by atomic mass is 31.1. The van der Waals surface area contributed by atoms with Crippen LogP contribution in [0.4, 0.5) is 4.39 Å². The summed E-state index contributed by atoms with van der Waals surface area (Å²) in [6, 6.07) is 8.46. The van der Waals surface area contributed by atoms with Gasteiger partial charge in [-0.15, -0.1) is 0 Å². The molecule has 0 saturated heterocycles. The Morgan fingerprint density at radius 1 is 1.16 bits per heavy atom. The van der Waals surface area contributed by atoms with Crippen molar-refractivity contribution in [2.75, 3.05) is 6.16 Å². The number of aliphatic hydroxyl groups excluding tert-OH is 1. The number of benzene rings is 1. The number of esters is 1. The molecule has 8 heteroatoms. The van der Waals surface area contributed by atoms with Crippen LogP contribution in [-0.2, 0) is 19.5 Å². The maximum absolute atomic E-state index is 13.8. The molecule has 2 unspecified atom stereocenters. The van der Waals surface area contributed by atoms with Gasteiger partial charge in [0, 0.05) is 16.7 Å². The molecule has 6 nitrogen and oxygen atoms in total. The quantitative estimate of drug-likeness (QED) is 0.262. The van der Waals surface area contributed by atoms with Gasteiger partial charge in [-0.2, -0.15) is 4.89 Å². The molecule has 0 aliphatic heterocycles. The number of hydrogen-bond acceptors (Lipinski definition) is 5. The third-order valence-electron chi connectivity index (χ3n) is 8.44. The van der Waals surface area contributed by atoms with Gasteiger partial charge in [-0.1, -0.05) is 26.0 Å². The van der Waals surface area contributed by atoms with Crippen molar-refractivity contribution in [3.8, 4) is 23.2 Å². The van der Waals surface area contributed by atoms with Crippen molar-refractivity contribution in [3.63, 3.8) is 0 Å². The minimum absolute atomic E-state index is 0.0470. The highest BCUT2D eigenvalue weighted by molar-refractivity contribution is 7.38. The molecule has 0 spiro atoms. The van der Waals surface area contributed by atoms with Gasteiger partial charge in [0.2, 0.25) is 6.16 Å². The molecule has 4 saturated carbocycles. The van der Waals surface area contributed by atoms with Crippen molar-refractivity contribution in [3.05, 3.63) is 53.1 Å². The van der Waals surface area contributed by atoms with Crippen LogP contribution in [0.2, 0.25) is 0 Å². The number of aromatic nitrogens is 1. The average molecular weight is 539 g/mol. The SMILES string of the molecule is CC(C)c1nc(C23CC4CC(CC(C4)C2)C3)cc(-c2ccc(F)cc2)c1C#COC(=O)CC(O)C[P+](=O)O. The van der Waals surface area contributed by atoms with E-state index in [1.54, 1.807) is 12.1 Å². The lowest BCUT2D eigenvalue weighted by atomic mass is 9.48. The molecule has 4 fully saturated rings. The number of nitrogens with zero attached hydrogens (tertiary/aromatic N) is 1. The normalized spacial score (nSPS) is 26.6. The highest BCUT2D eigenvalue weighted by Crippen LogP contribution is 2.60. The minimum atomic E-state index is -2.56. The lowest BCUT2D eigenvalue weighted by Crippen LogP contribution is -2.49. The smallest absolute Gasteiger partial charge is 0.388 e. The predicted octanol–water partition coefficient (Wildman–Crippen LogP) is 5.82. The summed E-state index contributed by atoms with van der Waals surface area (Å²) in [7, 11) is -2.56. The Morgan fingerprint density at radius 3 is 2.32 bits per heavy atom. The molecule has 4 aliphatic rings. The van der Waals surface area contributed by atoms with E-state index in [2.05, 4.69) is 31.9 Å². The van der Waals surface area contributed by atoms with E-state index < -0.39 is 32.7 Å². The van der Waals surface area contributed by atoms with Crippen LogP contribution in [0, 0.1) is 35.6 Å². The van der Waals surface area contributed by atoms with Gasteiger partial charge in [0.25, 0.3) is 0 Å². The number of aliphatic hydroxyl groups is 1. The molecule has 0 amide bonds. The van der Waals surface area contributed by atoms with Crippen LogP contribution in [0.3, 0.4) is 0 Å². The van der Waals surface area contributed by atoms with Crippen LogP contribution in [0.15, 0.2) is 30.3 Å². The Hall–Kier alpha value is -2.65. The maximum atomic E-state index is 13.8. The summed E-state index contributed by atoms with van der Waals surface area (Å²) < 4.78 is 29.8. The summed E-state index contributed by atoms with van der Waals surface area (Å²) in [5.41, 5.74) is 4.28. The lowest BCUT2D eigenvalue weighted by Gasteiger charge is -2.56. The van der Waals surface area contributed by atoms with E-state index in [9.17, 15) is 18.9 Å². The first-order valence-electron chi connectivity index (χ1n) is 13.5. The van der Waals surface area contributed by atoms with Gasteiger partial charge < -0.3 is 9.84 Å². The van der Waals surface area contributed by atoms with E-state index in [1.807, 2.05) is 0 Å². The monoisotopic (exact) mass is 538 g/mol. The van der Waals surface area contributed by atoms with Gasteiger partial charge in [0.1, 0.15) is 18.0 Å². The molecule has 1 aromatic carbocycles. The van der Waals surface area contributed by atoms with E-state index in [4.69, 9.17) is 14.6 Å². The predicted molar refractivity (Wildman–Crippen MR) is 142 cm³/mol. The lowest BCUT2D eigenvalue weighted by molar-refractivity contribution is -0.138. The van der Waals surface area contributed by atoms with E-state index >= 15 is 0 Å². The zero-order chi connectivity index (χ0) is 27.0. The number of carbonyl (C=O) groups is 1. The number of rotatable bonds is 7. The summed E-state index contributed by atoms with van der Waals surface area (Å²) in [6.07, 6.45) is 7.85. The van der Waals surface area contributed by atoms with Crippen LogP contribution in [0.1, 0.15) is 81.7 Å². The number of hydrogen-bond donors (Lipinski definition) is 2. The van der Waals surface area contributed by atoms with Crippen molar-refractivity contribution in [1.29, 1.82) is 0 Å². The number of ether oxygens (including phenoxy) is 1. The fourth-order valence-corrected chi connectivity index (χ4v) is 7.77. The van der Waals surface area contributed by atoms with E-state index in [-0.39, 0.29) is 17.2 Å². The Morgan fingerprint density at radius 2 is 1.76 bits per heavy atom. The number of carbonyl (C=O) groups excluding carboxylic acids is 1. The van der Waals surface area contributed by atoms with Gasteiger partial charge >= 0.3 is 14.0 Å². The fourth-order valence-electron chi connectivity index (χ4n) is 7.28. The summed E-state index contributed by atoms with van der Waals surface area (Å²) in [5.74, 6) is 4.21. The first-order chi connectivity index (χ1) is 18.1. The Balaban J connectivity index is 1.53. The van der Waals surface area contributed by atoms with Crippen molar-refractivity contribution in [1.82, 2.24) is 4.98 Å². The van der Waals surface area contributed by atoms with Gasteiger partial charge in [-0.05, 0) is 96.4 Å². The molecule has 4 aliphatic carbocycles. The molecule has 6 rings (SSSR count). The van der Waals surface area contributed by atoms with Crippen molar-refractivity contribution < 1.29 is 28.5 Å². The van der Waals surface area contributed by atoms with Crippen LogP contribution < -0.4 is 0 Å². The molecule has 2 aromatic rings. The zero-order valence-corrected chi connectivity index (χ0v) is 22.7. The van der Waals surface area contributed by atoms with Crippen LogP contribution in [0.5, 0.6) is 0 Å². The van der Waals surface area contributed by atoms with Gasteiger partial charge in [-0.3, -0.25) is 9.78 Å². The minimum Gasteiger partial charge on any atom is -0.388 e. The third-order valence-corrected chi connectivity index (χ3v) is 9.18. The first-order valence-corrected chi connectivity index (χ1v) is 14.9. The van der Waals surface area contributed by atoms with Crippen LogP contribution >= 0.6 is 8.03 Å². The van der Waals surface area contributed by atoms with Crippen molar-refractivity contribution in [2.24, 2.45) is 17.8 Å².